The van der Waals surface area contributed by atoms with Gasteiger partial charge < -0.3 is 4.90 Å². The third-order valence-electron chi connectivity index (χ3n) is 3.18. The molecule has 1 aliphatic rings. The standard InChI is InChI=1S/C13H14BrCl2NO/c1-8-3-2-4-17(7-8)13(18)9-5-12(16)10(14)6-11(9)15/h5-6,8H,2-4,7H2,1H3. The van der Waals surface area contributed by atoms with Gasteiger partial charge in [0.05, 0.1) is 15.6 Å². The lowest BCUT2D eigenvalue weighted by molar-refractivity contribution is 0.0683. The van der Waals surface area contributed by atoms with Crippen LogP contribution in [0, 0.1) is 5.92 Å². The number of amides is 1. The van der Waals surface area contributed by atoms with Crippen LogP contribution in [0.4, 0.5) is 0 Å². The van der Waals surface area contributed by atoms with Gasteiger partial charge in [0.2, 0.25) is 0 Å². The number of hydrogen-bond acceptors (Lipinski definition) is 1. The zero-order valence-corrected chi connectivity index (χ0v) is 13.1. The molecular formula is C13H14BrCl2NO. The van der Waals surface area contributed by atoms with Gasteiger partial charge in [-0.3, -0.25) is 4.79 Å². The van der Waals surface area contributed by atoms with E-state index in [0.717, 1.165) is 19.5 Å². The Morgan fingerprint density at radius 1 is 1.39 bits per heavy atom. The summed E-state index contributed by atoms with van der Waals surface area (Å²) in [5, 5.41) is 0.947. The number of nitrogens with zero attached hydrogens (tertiary/aromatic N) is 1. The minimum absolute atomic E-state index is 0.0269. The van der Waals surface area contributed by atoms with Gasteiger partial charge in [-0.2, -0.15) is 0 Å². The van der Waals surface area contributed by atoms with Crippen molar-refractivity contribution >= 4 is 45.0 Å². The Morgan fingerprint density at radius 2 is 2.11 bits per heavy atom. The van der Waals surface area contributed by atoms with Crippen molar-refractivity contribution in [1.82, 2.24) is 4.90 Å². The van der Waals surface area contributed by atoms with E-state index in [4.69, 9.17) is 23.2 Å². The third kappa shape index (κ3) is 3.01. The molecule has 1 unspecified atom stereocenters. The van der Waals surface area contributed by atoms with Crippen molar-refractivity contribution in [3.05, 3.63) is 32.2 Å². The third-order valence-corrected chi connectivity index (χ3v) is 4.69. The van der Waals surface area contributed by atoms with Crippen LogP contribution in [0.3, 0.4) is 0 Å². The van der Waals surface area contributed by atoms with E-state index >= 15 is 0 Å². The molecule has 0 radical (unpaired) electrons. The van der Waals surface area contributed by atoms with Gasteiger partial charge in [-0.1, -0.05) is 30.1 Å². The van der Waals surface area contributed by atoms with Crippen molar-refractivity contribution < 1.29 is 4.79 Å². The van der Waals surface area contributed by atoms with E-state index in [0.29, 0.717) is 26.0 Å². The highest BCUT2D eigenvalue weighted by atomic mass is 79.9. The summed E-state index contributed by atoms with van der Waals surface area (Å²) in [5.41, 5.74) is 0.485. The Labute approximate surface area is 125 Å². The first-order valence-electron chi connectivity index (χ1n) is 5.93. The minimum Gasteiger partial charge on any atom is -0.338 e. The van der Waals surface area contributed by atoms with Gasteiger partial charge in [0.1, 0.15) is 0 Å². The fourth-order valence-corrected chi connectivity index (χ4v) is 3.11. The van der Waals surface area contributed by atoms with Crippen LogP contribution in [-0.4, -0.2) is 23.9 Å². The molecule has 1 aromatic carbocycles. The maximum atomic E-state index is 12.4. The number of likely N-dealkylation sites (tertiary alicyclic amines) is 1. The summed E-state index contributed by atoms with van der Waals surface area (Å²) in [7, 11) is 0. The minimum atomic E-state index is -0.0269. The van der Waals surface area contributed by atoms with Crippen LogP contribution in [0.15, 0.2) is 16.6 Å². The normalized spacial score (nSPS) is 20.0. The van der Waals surface area contributed by atoms with E-state index in [1.54, 1.807) is 12.1 Å². The van der Waals surface area contributed by atoms with Crippen molar-refractivity contribution in [2.75, 3.05) is 13.1 Å². The maximum Gasteiger partial charge on any atom is 0.255 e. The zero-order valence-electron chi connectivity index (χ0n) is 10.0. The summed E-state index contributed by atoms with van der Waals surface area (Å²) in [4.78, 5) is 14.3. The van der Waals surface area contributed by atoms with Crippen LogP contribution < -0.4 is 0 Å². The first-order chi connectivity index (χ1) is 8.49. The summed E-state index contributed by atoms with van der Waals surface area (Å²) in [6, 6.07) is 3.31. The highest BCUT2D eigenvalue weighted by Crippen LogP contribution is 2.30. The molecular weight excluding hydrogens is 337 g/mol. The zero-order chi connectivity index (χ0) is 13.3. The molecule has 1 aromatic rings. The summed E-state index contributed by atoms with van der Waals surface area (Å²) in [6.45, 7) is 3.76. The molecule has 2 rings (SSSR count). The van der Waals surface area contributed by atoms with E-state index in [1.807, 2.05) is 4.90 Å². The summed E-state index contributed by atoms with van der Waals surface area (Å²) < 4.78 is 0.706. The van der Waals surface area contributed by atoms with E-state index in [9.17, 15) is 4.79 Å². The van der Waals surface area contributed by atoms with Gasteiger partial charge in [0.25, 0.3) is 5.91 Å². The average molecular weight is 351 g/mol. The number of benzene rings is 1. The molecule has 0 bridgehead atoms. The molecule has 98 valence electrons. The summed E-state index contributed by atoms with van der Waals surface area (Å²) in [5.74, 6) is 0.522. The largest absolute Gasteiger partial charge is 0.338 e. The quantitative estimate of drug-likeness (QED) is 0.676. The Kier molecular flexibility index (Phi) is 4.57. The molecule has 1 heterocycles. The molecule has 0 saturated carbocycles. The van der Waals surface area contributed by atoms with E-state index in [-0.39, 0.29) is 5.91 Å². The second kappa shape index (κ2) is 5.81. The van der Waals surface area contributed by atoms with E-state index in [2.05, 4.69) is 22.9 Å². The number of halogens is 3. The molecule has 0 aromatic heterocycles. The fraction of sp³-hybridized carbons (Fsp3) is 0.462. The van der Waals surface area contributed by atoms with Gasteiger partial charge in [-0.25, -0.2) is 0 Å². The van der Waals surface area contributed by atoms with Crippen LogP contribution in [0.5, 0.6) is 0 Å². The first-order valence-corrected chi connectivity index (χ1v) is 7.47. The number of hydrogen-bond donors (Lipinski definition) is 0. The topological polar surface area (TPSA) is 20.3 Å². The Bertz CT molecular complexity index is 478. The van der Waals surface area contributed by atoms with Gasteiger partial charge in [0, 0.05) is 17.6 Å². The predicted molar refractivity (Wildman–Crippen MR) is 78.5 cm³/mol. The highest BCUT2D eigenvalue weighted by Gasteiger charge is 2.24. The lowest BCUT2D eigenvalue weighted by Gasteiger charge is -2.31. The van der Waals surface area contributed by atoms with E-state index < -0.39 is 0 Å². The number of carbonyl (C=O) groups excluding carboxylic acids is 1. The average Bonchev–Trinajstić information content (AvgIpc) is 2.33. The second-order valence-electron chi connectivity index (χ2n) is 4.74. The van der Waals surface area contributed by atoms with Crippen molar-refractivity contribution in [2.45, 2.75) is 19.8 Å². The fourth-order valence-electron chi connectivity index (χ4n) is 2.23. The van der Waals surface area contributed by atoms with Crippen molar-refractivity contribution in [1.29, 1.82) is 0 Å². The monoisotopic (exact) mass is 349 g/mol. The molecule has 1 atom stereocenters. The number of rotatable bonds is 1. The smallest absolute Gasteiger partial charge is 0.255 e. The van der Waals surface area contributed by atoms with Gasteiger partial charge in [0.15, 0.2) is 0 Å². The van der Waals surface area contributed by atoms with Crippen molar-refractivity contribution in [2.24, 2.45) is 5.92 Å². The molecule has 1 aliphatic heterocycles. The number of carbonyl (C=O) groups is 1. The van der Waals surface area contributed by atoms with Crippen molar-refractivity contribution in [3.8, 4) is 0 Å². The molecule has 1 fully saturated rings. The van der Waals surface area contributed by atoms with Crippen LogP contribution in [0.2, 0.25) is 10.0 Å². The van der Waals surface area contributed by atoms with E-state index in [1.165, 1.54) is 6.42 Å². The molecule has 2 nitrogen and oxygen atoms in total. The summed E-state index contributed by atoms with van der Waals surface area (Å²) >= 11 is 15.4. The molecule has 0 N–H and O–H groups in total. The second-order valence-corrected chi connectivity index (χ2v) is 6.41. The first kappa shape index (κ1) is 14.2. The van der Waals surface area contributed by atoms with Crippen molar-refractivity contribution in [3.63, 3.8) is 0 Å². The lowest BCUT2D eigenvalue weighted by Crippen LogP contribution is -2.39. The molecule has 0 spiro atoms. The molecule has 1 saturated heterocycles. The van der Waals surface area contributed by atoms with Gasteiger partial charge >= 0.3 is 0 Å². The Hall–Kier alpha value is -0.250. The Balaban J connectivity index is 2.25. The summed E-state index contributed by atoms with van der Waals surface area (Å²) in [6.07, 6.45) is 2.23. The molecule has 5 heteroatoms. The molecule has 18 heavy (non-hydrogen) atoms. The van der Waals surface area contributed by atoms with Crippen LogP contribution in [0.25, 0.3) is 0 Å². The molecule has 0 aliphatic carbocycles. The molecule has 1 amide bonds. The Morgan fingerprint density at radius 3 is 2.78 bits per heavy atom. The van der Waals surface area contributed by atoms with Crippen LogP contribution in [-0.2, 0) is 0 Å². The SMILES string of the molecule is CC1CCCN(C(=O)c2cc(Cl)c(Br)cc2Cl)C1. The lowest BCUT2D eigenvalue weighted by atomic mass is 9.99. The number of piperidine rings is 1. The van der Waals surface area contributed by atoms with Gasteiger partial charge in [-0.15, -0.1) is 0 Å². The highest BCUT2D eigenvalue weighted by molar-refractivity contribution is 9.10. The van der Waals surface area contributed by atoms with Crippen LogP contribution >= 0.6 is 39.1 Å². The van der Waals surface area contributed by atoms with Gasteiger partial charge in [-0.05, 0) is 46.8 Å². The maximum absolute atomic E-state index is 12.4. The predicted octanol–water partition coefficient (Wildman–Crippen LogP) is 4.63. The van der Waals surface area contributed by atoms with Crippen LogP contribution in [0.1, 0.15) is 30.1 Å².